The van der Waals surface area contributed by atoms with Gasteiger partial charge in [0.05, 0.1) is 13.7 Å². The van der Waals surface area contributed by atoms with Gasteiger partial charge in [-0.05, 0) is 18.9 Å². The van der Waals surface area contributed by atoms with Crippen LogP contribution >= 0.6 is 0 Å². The summed E-state index contributed by atoms with van der Waals surface area (Å²) < 4.78 is 4.63. The van der Waals surface area contributed by atoms with Gasteiger partial charge >= 0.3 is 5.97 Å². The molecule has 3 atom stereocenters. The maximum absolute atomic E-state index is 11.5. The number of carbonyl (C=O) groups excluding carboxylic acids is 2. The SMILES string of the molecule is COC(=O)C1C(=O)CN2CCC1C2. The number of rotatable bonds is 1. The molecule has 0 aromatic rings. The fourth-order valence-corrected chi connectivity index (χ4v) is 2.31. The molecular formula is C9H13NO3. The number of hydrogen-bond donors (Lipinski definition) is 0. The van der Waals surface area contributed by atoms with E-state index in [1.54, 1.807) is 0 Å². The van der Waals surface area contributed by atoms with E-state index in [4.69, 9.17) is 0 Å². The summed E-state index contributed by atoms with van der Waals surface area (Å²) in [5.41, 5.74) is 0. The zero-order chi connectivity index (χ0) is 9.42. The number of piperidine rings is 1. The van der Waals surface area contributed by atoms with Gasteiger partial charge in [-0.1, -0.05) is 0 Å². The third kappa shape index (κ3) is 1.35. The van der Waals surface area contributed by atoms with E-state index < -0.39 is 5.92 Å². The van der Waals surface area contributed by atoms with E-state index >= 15 is 0 Å². The van der Waals surface area contributed by atoms with Gasteiger partial charge in [0.15, 0.2) is 5.78 Å². The molecule has 3 unspecified atom stereocenters. The Kier molecular flexibility index (Phi) is 2.07. The maximum atomic E-state index is 11.5. The average Bonchev–Trinajstić information content (AvgIpc) is 2.48. The van der Waals surface area contributed by atoms with Gasteiger partial charge in [-0.2, -0.15) is 0 Å². The highest BCUT2D eigenvalue weighted by atomic mass is 16.5. The van der Waals surface area contributed by atoms with Crippen LogP contribution in [-0.4, -0.2) is 43.4 Å². The summed E-state index contributed by atoms with van der Waals surface area (Å²) in [5, 5.41) is 0. The number of nitrogens with zero attached hydrogens (tertiary/aromatic N) is 1. The molecule has 0 aromatic heterocycles. The largest absolute Gasteiger partial charge is 0.468 e. The molecular weight excluding hydrogens is 170 g/mol. The molecule has 0 saturated carbocycles. The van der Waals surface area contributed by atoms with Crippen molar-refractivity contribution in [3.05, 3.63) is 0 Å². The van der Waals surface area contributed by atoms with Crippen molar-refractivity contribution in [2.75, 3.05) is 26.7 Å². The topological polar surface area (TPSA) is 46.6 Å². The Labute approximate surface area is 76.8 Å². The highest BCUT2D eigenvalue weighted by Crippen LogP contribution is 2.30. The predicted molar refractivity (Wildman–Crippen MR) is 45.1 cm³/mol. The molecule has 2 rings (SSSR count). The number of methoxy groups -OCH3 is 1. The summed E-state index contributed by atoms with van der Waals surface area (Å²) in [4.78, 5) is 24.9. The van der Waals surface area contributed by atoms with Crippen LogP contribution in [0.5, 0.6) is 0 Å². The van der Waals surface area contributed by atoms with Crippen LogP contribution in [0.1, 0.15) is 6.42 Å². The first kappa shape index (κ1) is 8.69. The summed E-state index contributed by atoms with van der Waals surface area (Å²) in [6, 6.07) is 0. The predicted octanol–water partition coefficient (Wildman–Crippen LogP) is -0.320. The summed E-state index contributed by atoms with van der Waals surface area (Å²) in [7, 11) is 1.34. The lowest BCUT2D eigenvalue weighted by atomic mass is 9.86. The monoisotopic (exact) mass is 183 g/mol. The zero-order valence-electron chi connectivity index (χ0n) is 7.66. The van der Waals surface area contributed by atoms with Gasteiger partial charge in [-0.15, -0.1) is 0 Å². The number of hydrogen-bond acceptors (Lipinski definition) is 4. The van der Waals surface area contributed by atoms with E-state index in [1.165, 1.54) is 7.11 Å². The van der Waals surface area contributed by atoms with Gasteiger partial charge in [0, 0.05) is 6.54 Å². The minimum Gasteiger partial charge on any atom is -0.468 e. The van der Waals surface area contributed by atoms with Crippen molar-refractivity contribution in [3.63, 3.8) is 0 Å². The van der Waals surface area contributed by atoms with E-state index in [0.29, 0.717) is 6.54 Å². The summed E-state index contributed by atoms with van der Waals surface area (Å²) in [6.07, 6.45) is 0.950. The molecule has 72 valence electrons. The fourth-order valence-electron chi connectivity index (χ4n) is 2.31. The van der Waals surface area contributed by atoms with Gasteiger partial charge in [0.1, 0.15) is 5.92 Å². The van der Waals surface area contributed by atoms with Crippen LogP contribution in [0.15, 0.2) is 0 Å². The normalized spacial score (nSPS) is 37.6. The Bertz CT molecular complexity index is 251. The molecule has 2 aliphatic heterocycles. The van der Waals surface area contributed by atoms with Crippen molar-refractivity contribution in [1.29, 1.82) is 0 Å². The summed E-state index contributed by atoms with van der Waals surface area (Å²) in [5.74, 6) is -0.602. The minimum atomic E-state index is -0.483. The highest BCUT2D eigenvalue weighted by Gasteiger charge is 2.44. The first-order valence-corrected chi connectivity index (χ1v) is 4.55. The Hall–Kier alpha value is -0.900. The minimum absolute atomic E-state index is 0.0283. The Morgan fingerprint density at radius 2 is 2.38 bits per heavy atom. The Morgan fingerprint density at radius 3 is 3.08 bits per heavy atom. The third-order valence-electron chi connectivity index (χ3n) is 2.96. The number of esters is 1. The van der Waals surface area contributed by atoms with E-state index in [1.807, 2.05) is 0 Å². The van der Waals surface area contributed by atoms with Gasteiger partial charge in [-0.3, -0.25) is 14.5 Å². The third-order valence-corrected chi connectivity index (χ3v) is 2.96. The van der Waals surface area contributed by atoms with Gasteiger partial charge in [0.2, 0.25) is 0 Å². The van der Waals surface area contributed by atoms with Crippen molar-refractivity contribution in [3.8, 4) is 0 Å². The van der Waals surface area contributed by atoms with Gasteiger partial charge < -0.3 is 4.74 Å². The number of ketones is 1. The molecule has 0 amide bonds. The fraction of sp³-hybridized carbons (Fsp3) is 0.778. The van der Waals surface area contributed by atoms with E-state index in [9.17, 15) is 9.59 Å². The lowest BCUT2D eigenvalue weighted by Gasteiger charge is -2.26. The Balaban J connectivity index is 2.16. The van der Waals surface area contributed by atoms with E-state index in [2.05, 4.69) is 9.64 Å². The quantitative estimate of drug-likeness (QED) is 0.413. The smallest absolute Gasteiger partial charge is 0.316 e. The molecule has 13 heavy (non-hydrogen) atoms. The van der Waals surface area contributed by atoms with Crippen LogP contribution in [0.2, 0.25) is 0 Å². The van der Waals surface area contributed by atoms with Crippen molar-refractivity contribution >= 4 is 11.8 Å². The van der Waals surface area contributed by atoms with Crippen LogP contribution in [0, 0.1) is 11.8 Å². The maximum Gasteiger partial charge on any atom is 0.316 e. The van der Waals surface area contributed by atoms with Crippen LogP contribution < -0.4 is 0 Å². The van der Waals surface area contributed by atoms with E-state index in [0.717, 1.165) is 19.5 Å². The number of Topliss-reactive ketones (excluding diaryl/α,β-unsaturated/α-hetero) is 1. The number of carbonyl (C=O) groups is 2. The second-order valence-corrected chi connectivity index (χ2v) is 3.75. The van der Waals surface area contributed by atoms with Crippen LogP contribution in [0.4, 0.5) is 0 Å². The molecule has 0 aromatic carbocycles. The highest BCUT2D eigenvalue weighted by molar-refractivity contribution is 6.01. The molecule has 2 aliphatic rings. The molecule has 0 radical (unpaired) electrons. The van der Waals surface area contributed by atoms with Crippen LogP contribution in [-0.2, 0) is 14.3 Å². The lowest BCUT2D eigenvalue weighted by molar-refractivity contribution is -0.153. The van der Waals surface area contributed by atoms with Gasteiger partial charge in [0.25, 0.3) is 0 Å². The molecule has 2 saturated heterocycles. The second kappa shape index (κ2) is 3.10. The number of ether oxygens (including phenoxy) is 1. The molecule has 2 heterocycles. The van der Waals surface area contributed by atoms with Crippen LogP contribution in [0.25, 0.3) is 0 Å². The first-order valence-electron chi connectivity index (χ1n) is 4.55. The van der Waals surface area contributed by atoms with Crippen molar-refractivity contribution < 1.29 is 14.3 Å². The number of fused-ring (bicyclic) bond motifs is 2. The van der Waals surface area contributed by atoms with Crippen LogP contribution in [0.3, 0.4) is 0 Å². The summed E-state index contributed by atoms with van der Waals surface area (Å²) in [6.45, 7) is 2.26. The second-order valence-electron chi connectivity index (χ2n) is 3.75. The molecule has 4 heteroatoms. The standard InChI is InChI=1S/C9H13NO3/c1-13-9(12)8-6-2-3-10(4-6)5-7(8)11/h6,8H,2-5H2,1H3. The van der Waals surface area contributed by atoms with Crippen molar-refractivity contribution in [1.82, 2.24) is 4.90 Å². The van der Waals surface area contributed by atoms with E-state index in [-0.39, 0.29) is 17.7 Å². The molecule has 2 fully saturated rings. The average molecular weight is 183 g/mol. The molecule has 0 aliphatic carbocycles. The Morgan fingerprint density at radius 1 is 1.62 bits per heavy atom. The first-order chi connectivity index (χ1) is 6.22. The molecule has 0 N–H and O–H groups in total. The van der Waals surface area contributed by atoms with Crippen molar-refractivity contribution in [2.24, 2.45) is 11.8 Å². The molecule has 0 spiro atoms. The molecule has 2 bridgehead atoms. The van der Waals surface area contributed by atoms with Gasteiger partial charge in [-0.25, -0.2) is 0 Å². The summed E-state index contributed by atoms with van der Waals surface area (Å²) >= 11 is 0. The molecule has 4 nitrogen and oxygen atoms in total. The lowest BCUT2D eigenvalue weighted by Crippen LogP contribution is -2.44. The zero-order valence-corrected chi connectivity index (χ0v) is 7.66. The van der Waals surface area contributed by atoms with Crippen molar-refractivity contribution in [2.45, 2.75) is 6.42 Å².